The summed E-state index contributed by atoms with van der Waals surface area (Å²) in [5.74, 6) is 0.0437. The number of aromatic nitrogens is 1. The van der Waals surface area contributed by atoms with Crippen molar-refractivity contribution in [2.75, 3.05) is 5.32 Å². The van der Waals surface area contributed by atoms with Crippen molar-refractivity contribution < 1.29 is 14.0 Å². The Kier molecular flexibility index (Phi) is 5.62. The smallest absolute Gasteiger partial charge is 0.313 e. The molecule has 2 heterocycles. The zero-order valence-corrected chi connectivity index (χ0v) is 15.3. The highest BCUT2D eigenvalue weighted by molar-refractivity contribution is 6.39. The van der Waals surface area contributed by atoms with Crippen LogP contribution in [0.3, 0.4) is 0 Å². The van der Waals surface area contributed by atoms with Gasteiger partial charge in [0.2, 0.25) is 0 Å². The van der Waals surface area contributed by atoms with Crippen molar-refractivity contribution in [1.82, 2.24) is 10.3 Å². The number of hydrogen-bond acceptors (Lipinski definition) is 4. The first-order chi connectivity index (χ1) is 11.7. The third-order valence-electron chi connectivity index (χ3n) is 3.92. The number of nitrogens with one attached hydrogen (secondary N) is 2. The van der Waals surface area contributed by atoms with Crippen molar-refractivity contribution in [3.05, 3.63) is 47.7 Å². The lowest BCUT2D eigenvalue weighted by molar-refractivity contribution is -0.137. The Bertz CT molecular complexity index is 759. The molecule has 6 nitrogen and oxygen atoms in total. The summed E-state index contributed by atoms with van der Waals surface area (Å²) in [5, 5.41) is 5.38. The van der Waals surface area contributed by atoms with Crippen LogP contribution in [-0.4, -0.2) is 16.8 Å². The van der Waals surface area contributed by atoms with Gasteiger partial charge in [0.15, 0.2) is 0 Å². The molecule has 2 N–H and O–H groups in total. The average molecular weight is 343 g/mol. The minimum Gasteiger partial charge on any atom is -0.464 e. The van der Waals surface area contributed by atoms with E-state index in [4.69, 9.17) is 4.42 Å². The van der Waals surface area contributed by atoms with Crippen molar-refractivity contribution >= 4 is 17.5 Å². The van der Waals surface area contributed by atoms with E-state index in [0.29, 0.717) is 17.1 Å². The monoisotopic (exact) mass is 343 g/mol. The topological polar surface area (TPSA) is 84.2 Å². The van der Waals surface area contributed by atoms with Crippen molar-refractivity contribution in [1.29, 1.82) is 0 Å². The van der Waals surface area contributed by atoms with E-state index in [1.165, 1.54) is 0 Å². The summed E-state index contributed by atoms with van der Waals surface area (Å²) in [6.45, 7) is 9.71. The number of pyridine rings is 1. The molecule has 0 aromatic carbocycles. The van der Waals surface area contributed by atoms with Gasteiger partial charge in [0, 0.05) is 12.6 Å². The average Bonchev–Trinajstić information content (AvgIpc) is 3.01. The molecule has 6 heteroatoms. The van der Waals surface area contributed by atoms with Gasteiger partial charge < -0.3 is 15.1 Å². The number of anilines is 1. The lowest BCUT2D eigenvalue weighted by Crippen LogP contribution is -2.42. The van der Waals surface area contributed by atoms with Gasteiger partial charge in [-0.25, -0.2) is 0 Å². The molecule has 0 radical (unpaired) electrons. The molecule has 0 saturated carbocycles. The highest BCUT2D eigenvalue weighted by Gasteiger charge is 2.32. The number of amides is 2. The minimum atomic E-state index is -0.729. The summed E-state index contributed by atoms with van der Waals surface area (Å²) in [6, 6.07) is 6.72. The molecule has 0 aliphatic carbocycles. The summed E-state index contributed by atoms with van der Waals surface area (Å²) in [5.41, 5.74) is 0.846. The Hall–Kier alpha value is -2.63. The van der Waals surface area contributed by atoms with Gasteiger partial charge in [0.25, 0.3) is 0 Å². The highest BCUT2D eigenvalue weighted by atomic mass is 16.3. The molecule has 2 amide bonds. The summed E-state index contributed by atoms with van der Waals surface area (Å²) in [6.07, 6.45) is 2.40. The second-order valence-corrected chi connectivity index (χ2v) is 7.02. The van der Waals surface area contributed by atoms with E-state index < -0.39 is 17.9 Å². The van der Waals surface area contributed by atoms with Gasteiger partial charge in [-0.05, 0) is 36.6 Å². The van der Waals surface area contributed by atoms with E-state index in [1.54, 1.807) is 25.3 Å². The molecular weight excluding hydrogens is 318 g/mol. The number of hydrogen-bond donors (Lipinski definition) is 2. The predicted molar refractivity (Wildman–Crippen MR) is 96.0 cm³/mol. The van der Waals surface area contributed by atoms with Crippen molar-refractivity contribution in [3.8, 4) is 0 Å². The first-order valence-corrected chi connectivity index (χ1v) is 8.34. The highest BCUT2D eigenvalue weighted by Crippen LogP contribution is 2.33. The maximum Gasteiger partial charge on any atom is 0.313 e. The van der Waals surface area contributed by atoms with Gasteiger partial charge in [0.1, 0.15) is 11.5 Å². The SMILES string of the molecule is CCc1ccc(C(NC(=O)C(=O)Nc2cccnc2C)C(C)(C)C)o1. The summed E-state index contributed by atoms with van der Waals surface area (Å²) >= 11 is 0. The summed E-state index contributed by atoms with van der Waals surface area (Å²) < 4.78 is 5.78. The fourth-order valence-corrected chi connectivity index (χ4v) is 2.45. The molecule has 0 spiro atoms. The van der Waals surface area contributed by atoms with E-state index in [9.17, 15) is 9.59 Å². The van der Waals surface area contributed by atoms with E-state index in [2.05, 4.69) is 15.6 Å². The zero-order chi connectivity index (χ0) is 18.6. The van der Waals surface area contributed by atoms with Crippen LogP contribution in [0.25, 0.3) is 0 Å². The molecule has 0 bridgehead atoms. The minimum absolute atomic E-state index is 0.316. The van der Waals surface area contributed by atoms with Crippen molar-refractivity contribution in [3.63, 3.8) is 0 Å². The number of nitrogens with zero attached hydrogens (tertiary/aromatic N) is 1. The normalized spacial score (nSPS) is 12.5. The Morgan fingerprint density at radius 2 is 1.92 bits per heavy atom. The molecule has 2 rings (SSSR count). The molecule has 25 heavy (non-hydrogen) atoms. The zero-order valence-electron chi connectivity index (χ0n) is 15.3. The second-order valence-electron chi connectivity index (χ2n) is 7.02. The lowest BCUT2D eigenvalue weighted by Gasteiger charge is -2.29. The van der Waals surface area contributed by atoms with E-state index >= 15 is 0 Å². The number of carbonyl (C=O) groups excluding carboxylic acids is 2. The molecular formula is C19H25N3O3. The molecule has 0 aliphatic rings. The van der Waals surface area contributed by atoms with Gasteiger partial charge in [-0.2, -0.15) is 0 Å². The van der Waals surface area contributed by atoms with E-state index in [0.717, 1.165) is 12.2 Å². The number of rotatable bonds is 4. The van der Waals surface area contributed by atoms with Crippen LogP contribution in [0.5, 0.6) is 0 Å². The van der Waals surface area contributed by atoms with Gasteiger partial charge >= 0.3 is 11.8 Å². The Morgan fingerprint density at radius 1 is 1.20 bits per heavy atom. The lowest BCUT2D eigenvalue weighted by atomic mass is 9.85. The second kappa shape index (κ2) is 7.51. The third-order valence-corrected chi connectivity index (χ3v) is 3.92. The molecule has 0 aliphatic heterocycles. The summed E-state index contributed by atoms with van der Waals surface area (Å²) in [4.78, 5) is 28.7. The van der Waals surface area contributed by atoms with Crippen molar-refractivity contribution in [2.45, 2.75) is 47.1 Å². The standard InChI is InChI=1S/C19H25N3O3/c1-6-13-9-10-15(25-13)16(19(3,4)5)22-18(24)17(23)21-14-8-7-11-20-12(14)2/h7-11,16H,6H2,1-5H3,(H,21,23)(H,22,24). The predicted octanol–water partition coefficient (Wildman–Crippen LogP) is 3.39. The number of furan rings is 1. The summed E-state index contributed by atoms with van der Waals surface area (Å²) in [7, 11) is 0. The molecule has 2 aromatic heterocycles. The first kappa shape index (κ1) is 18.7. The van der Waals surface area contributed by atoms with E-state index in [-0.39, 0.29) is 5.41 Å². The van der Waals surface area contributed by atoms with Crippen LogP contribution in [-0.2, 0) is 16.0 Å². The van der Waals surface area contributed by atoms with Crippen LogP contribution >= 0.6 is 0 Å². The Morgan fingerprint density at radius 3 is 2.48 bits per heavy atom. The molecule has 2 aromatic rings. The fraction of sp³-hybridized carbons (Fsp3) is 0.421. The fourth-order valence-electron chi connectivity index (χ4n) is 2.45. The maximum atomic E-state index is 12.4. The number of carbonyl (C=O) groups is 2. The van der Waals surface area contributed by atoms with Crippen LogP contribution in [0.2, 0.25) is 0 Å². The van der Waals surface area contributed by atoms with Crippen molar-refractivity contribution in [2.24, 2.45) is 5.41 Å². The molecule has 1 unspecified atom stereocenters. The van der Waals surface area contributed by atoms with Crippen LogP contribution in [0.15, 0.2) is 34.9 Å². The Labute approximate surface area is 148 Å². The first-order valence-electron chi connectivity index (χ1n) is 8.34. The molecule has 1 atom stereocenters. The molecule has 0 fully saturated rings. The Balaban J connectivity index is 2.14. The van der Waals surface area contributed by atoms with Crippen LogP contribution in [0.1, 0.15) is 51.0 Å². The largest absolute Gasteiger partial charge is 0.464 e. The van der Waals surface area contributed by atoms with Gasteiger partial charge in [-0.3, -0.25) is 14.6 Å². The van der Waals surface area contributed by atoms with Crippen LogP contribution in [0.4, 0.5) is 5.69 Å². The van der Waals surface area contributed by atoms with Crippen LogP contribution in [0, 0.1) is 12.3 Å². The van der Waals surface area contributed by atoms with Crippen LogP contribution < -0.4 is 10.6 Å². The third kappa shape index (κ3) is 4.68. The maximum absolute atomic E-state index is 12.4. The van der Waals surface area contributed by atoms with Gasteiger partial charge in [-0.15, -0.1) is 0 Å². The molecule has 0 saturated heterocycles. The van der Waals surface area contributed by atoms with Gasteiger partial charge in [-0.1, -0.05) is 27.7 Å². The quantitative estimate of drug-likeness (QED) is 0.834. The van der Waals surface area contributed by atoms with E-state index in [1.807, 2.05) is 39.8 Å². The van der Waals surface area contributed by atoms with Gasteiger partial charge in [0.05, 0.1) is 17.4 Å². The number of aryl methyl sites for hydroxylation is 2. The molecule has 134 valence electrons.